The number of non-ortho nitro benzene ring substituents is 1. The molecule has 8 heteroatoms. The first-order valence-corrected chi connectivity index (χ1v) is 8.87. The van der Waals surface area contributed by atoms with E-state index in [9.17, 15) is 10.1 Å². The highest BCUT2D eigenvalue weighted by atomic mass is 32.1. The Hall–Kier alpha value is -3.52. The summed E-state index contributed by atoms with van der Waals surface area (Å²) < 4.78 is 6.91. The van der Waals surface area contributed by atoms with Crippen molar-refractivity contribution in [3.8, 4) is 22.1 Å². The number of nitrogen functional groups attached to an aromatic ring is 1. The molecule has 0 saturated carbocycles. The van der Waals surface area contributed by atoms with E-state index in [1.54, 1.807) is 29.7 Å². The molecule has 0 atom stereocenters. The summed E-state index contributed by atoms with van der Waals surface area (Å²) in [4.78, 5) is 19.7. The average molecular weight is 378 g/mol. The maximum absolute atomic E-state index is 10.9. The second kappa shape index (κ2) is 6.65. The summed E-state index contributed by atoms with van der Waals surface area (Å²) in [7, 11) is 0. The maximum atomic E-state index is 10.9. The van der Waals surface area contributed by atoms with Crippen LogP contribution in [0.4, 0.5) is 11.6 Å². The highest BCUT2D eigenvalue weighted by Gasteiger charge is 2.13. The minimum absolute atomic E-state index is 0.0103. The van der Waals surface area contributed by atoms with Gasteiger partial charge in [-0.2, -0.15) is 0 Å². The summed E-state index contributed by atoms with van der Waals surface area (Å²) in [5.41, 5.74) is 7.54. The van der Waals surface area contributed by atoms with E-state index in [1.165, 1.54) is 12.1 Å². The van der Waals surface area contributed by atoms with Crippen molar-refractivity contribution < 1.29 is 9.66 Å². The standard InChI is InChI=1S/C19H14N4O3S/c1-11-15-10-14(26-13-4-2-3-12(9-13)23(24)25)5-6-17(15)27-18(11)16-7-8-21-19(20)22-16/h2-10H,1H3,(H2,20,21,22). The number of nitro benzene ring substituents is 1. The Bertz CT molecular complexity index is 1170. The molecule has 4 rings (SSSR count). The molecule has 2 aromatic heterocycles. The summed E-state index contributed by atoms with van der Waals surface area (Å²) in [6, 6.07) is 13.7. The molecule has 27 heavy (non-hydrogen) atoms. The lowest BCUT2D eigenvalue weighted by Gasteiger charge is -2.06. The number of thiophene rings is 1. The van der Waals surface area contributed by atoms with Gasteiger partial charge in [-0.3, -0.25) is 10.1 Å². The van der Waals surface area contributed by atoms with Gasteiger partial charge in [-0.1, -0.05) is 6.07 Å². The molecule has 2 heterocycles. The number of benzene rings is 2. The smallest absolute Gasteiger partial charge is 0.273 e. The molecule has 0 unspecified atom stereocenters. The zero-order valence-corrected chi connectivity index (χ0v) is 15.1. The molecule has 0 fully saturated rings. The van der Waals surface area contributed by atoms with E-state index < -0.39 is 4.92 Å². The highest BCUT2D eigenvalue weighted by molar-refractivity contribution is 7.22. The van der Waals surface area contributed by atoms with Gasteiger partial charge in [0.25, 0.3) is 5.69 Å². The van der Waals surface area contributed by atoms with Crippen LogP contribution in [0.5, 0.6) is 11.5 Å². The van der Waals surface area contributed by atoms with Crippen LogP contribution >= 0.6 is 11.3 Å². The number of hydrogen-bond donors (Lipinski definition) is 1. The fourth-order valence-electron chi connectivity index (χ4n) is 2.80. The van der Waals surface area contributed by atoms with Gasteiger partial charge in [0.15, 0.2) is 0 Å². The lowest BCUT2D eigenvalue weighted by Crippen LogP contribution is -1.94. The van der Waals surface area contributed by atoms with Crippen molar-refractivity contribution in [2.45, 2.75) is 6.92 Å². The number of hydrogen-bond acceptors (Lipinski definition) is 7. The Morgan fingerprint density at radius 3 is 2.74 bits per heavy atom. The number of aromatic nitrogens is 2. The van der Waals surface area contributed by atoms with Crippen LogP contribution in [-0.2, 0) is 0 Å². The van der Waals surface area contributed by atoms with E-state index in [-0.39, 0.29) is 11.6 Å². The summed E-state index contributed by atoms with van der Waals surface area (Å²) in [5.74, 6) is 1.26. The molecule has 0 aliphatic rings. The minimum atomic E-state index is -0.446. The molecule has 7 nitrogen and oxygen atoms in total. The fraction of sp³-hybridized carbons (Fsp3) is 0.0526. The second-order valence-electron chi connectivity index (χ2n) is 5.87. The van der Waals surface area contributed by atoms with E-state index >= 15 is 0 Å². The van der Waals surface area contributed by atoms with Crippen LogP contribution in [0.3, 0.4) is 0 Å². The maximum Gasteiger partial charge on any atom is 0.273 e. The molecule has 2 aromatic carbocycles. The van der Waals surface area contributed by atoms with Crippen molar-refractivity contribution in [3.63, 3.8) is 0 Å². The lowest BCUT2D eigenvalue weighted by atomic mass is 10.1. The molecule has 134 valence electrons. The third kappa shape index (κ3) is 3.30. The summed E-state index contributed by atoms with van der Waals surface area (Å²) in [5, 5.41) is 12.0. The summed E-state index contributed by atoms with van der Waals surface area (Å²) in [6.07, 6.45) is 1.64. The van der Waals surface area contributed by atoms with Crippen molar-refractivity contribution >= 4 is 33.1 Å². The Balaban J connectivity index is 1.71. The van der Waals surface area contributed by atoms with Gasteiger partial charge in [0, 0.05) is 17.0 Å². The number of anilines is 1. The normalized spacial score (nSPS) is 10.9. The van der Waals surface area contributed by atoms with E-state index in [0.717, 1.165) is 26.2 Å². The molecule has 2 N–H and O–H groups in total. The predicted octanol–water partition coefficient (Wildman–Crippen LogP) is 4.95. The topological polar surface area (TPSA) is 104 Å². The largest absolute Gasteiger partial charge is 0.457 e. The molecule has 0 radical (unpaired) electrons. The quantitative estimate of drug-likeness (QED) is 0.398. The number of rotatable bonds is 4. The van der Waals surface area contributed by atoms with Crippen molar-refractivity contribution in [3.05, 3.63) is 70.4 Å². The molecular weight excluding hydrogens is 364 g/mol. The lowest BCUT2D eigenvalue weighted by molar-refractivity contribution is -0.384. The third-order valence-electron chi connectivity index (χ3n) is 4.08. The van der Waals surface area contributed by atoms with Crippen LogP contribution in [0.25, 0.3) is 20.7 Å². The van der Waals surface area contributed by atoms with Crippen LogP contribution in [0.15, 0.2) is 54.7 Å². The molecular formula is C19H14N4O3S. The first kappa shape index (κ1) is 16.9. The molecule has 0 aliphatic carbocycles. The van der Waals surface area contributed by atoms with E-state index in [2.05, 4.69) is 9.97 Å². The molecule has 0 bridgehead atoms. The second-order valence-corrected chi connectivity index (χ2v) is 6.92. The van der Waals surface area contributed by atoms with Gasteiger partial charge in [-0.25, -0.2) is 9.97 Å². The van der Waals surface area contributed by atoms with Gasteiger partial charge in [0.2, 0.25) is 5.95 Å². The molecule has 0 saturated heterocycles. The van der Waals surface area contributed by atoms with Crippen molar-refractivity contribution in [2.75, 3.05) is 5.73 Å². The predicted molar refractivity (Wildman–Crippen MR) is 105 cm³/mol. The van der Waals surface area contributed by atoms with Gasteiger partial charge in [0.05, 0.1) is 21.6 Å². The first-order valence-electron chi connectivity index (χ1n) is 8.05. The number of aryl methyl sites for hydroxylation is 1. The van der Waals surface area contributed by atoms with Gasteiger partial charge in [0.1, 0.15) is 11.5 Å². The van der Waals surface area contributed by atoms with Crippen molar-refractivity contribution in [2.24, 2.45) is 0 Å². The first-order chi connectivity index (χ1) is 13.0. The van der Waals surface area contributed by atoms with Crippen LogP contribution in [0.1, 0.15) is 5.56 Å². The van der Waals surface area contributed by atoms with Crippen LogP contribution in [0.2, 0.25) is 0 Å². The van der Waals surface area contributed by atoms with Gasteiger partial charge in [-0.05, 0) is 48.2 Å². The van der Waals surface area contributed by atoms with Gasteiger partial charge < -0.3 is 10.5 Å². The Kier molecular flexibility index (Phi) is 4.17. The van der Waals surface area contributed by atoms with E-state index in [0.29, 0.717) is 11.5 Å². The summed E-state index contributed by atoms with van der Waals surface area (Å²) in [6.45, 7) is 2.02. The van der Waals surface area contributed by atoms with Gasteiger partial charge >= 0.3 is 0 Å². The SMILES string of the molecule is Cc1c(-c2ccnc(N)n2)sc2ccc(Oc3cccc([N+](=O)[O-])c3)cc12. The number of nitro groups is 1. The number of nitrogens with zero attached hydrogens (tertiary/aromatic N) is 3. The fourth-order valence-corrected chi connectivity index (χ4v) is 3.96. The Morgan fingerprint density at radius 1 is 1.15 bits per heavy atom. The molecule has 0 amide bonds. The minimum Gasteiger partial charge on any atom is -0.457 e. The average Bonchev–Trinajstić information content (AvgIpc) is 2.98. The molecule has 4 aromatic rings. The van der Waals surface area contributed by atoms with Crippen molar-refractivity contribution in [1.82, 2.24) is 9.97 Å². The van der Waals surface area contributed by atoms with Crippen LogP contribution in [0, 0.1) is 17.0 Å². The Labute approximate surface area is 158 Å². The summed E-state index contributed by atoms with van der Waals surface area (Å²) >= 11 is 1.62. The number of fused-ring (bicyclic) bond motifs is 1. The zero-order chi connectivity index (χ0) is 19.0. The Morgan fingerprint density at radius 2 is 1.96 bits per heavy atom. The highest BCUT2D eigenvalue weighted by Crippen LogP contribution is 2.39. The molecule has 0 aliphatic heterocycles. The molecule has 0 spiro atoms. The zero-order valence-electron chi connectivity index (χ0n) is 14.2. The third-order valence-corrected chi connectivity index (χ3v) is 5.37. The van der Waals surface area contributed by atoms with Crippen LogP contribution in [-0.4, -0.2) is 14.9 Å². The van der Waals surface area contributed by atoms with E-state index in [1.807, 2.05) is 31.2 Å². The monoisotopic (exact) mass is 378 g/mol. The van der Waals surface area contributed by atoms with Gasteiger partial charge in [-0.15, -0.1) is 11.3 Å². The number of ether oxygens (including phenoxy) is 1. The number of nitrogens with two attached hydrogens (primary N) is 1. The van der Waals surface area contributed by atoms with E-state index in [4.69, 9.17) is 10.5 Å². The van der Waals surface area contributed by atoms with Crippen molar-refractivity contribution in [1.29, 1.82) is 0 Å². The van der Waals surface area contributed by atoms with Crippen LogP contribution < -0.4 is 10.5 Å².